The maximum Gasteiger partial charge on any atom is 0.147 e. The first-order chi connectivity index (χ1) is 10.0. The zero-order valence-corrected chi connectivity index (χ0v) is 10.8. The summed E-state index contributed by atoms with van der Waals surface area (Å²) >= 11 is 0. The number of halogens is 3. The van der Waals surface area contributed by atoms with Crippen molar-refractivity contribution in [3.63, 3.8) is 0 Å². The summed E-state index contributed by atoms with van der Waals surface area (Å²) in [6.07, 6.45) is -1.26. The number of nitrogens with zero attached hydrogens (tertiary/aromatic N) is 1. The third kappa shape index (κ3) is 3.52. The summed E-state index contributed by atoms with van der Waals surface area (Å²) in [6, 6.07) is 8.44. The van der Waals surface area contributed by atoms with Gasteiger partial charge in [-0.3, -0.25) is 0 Å². The Morgan fingerprint density at radius 1 is 1.10 bits per heavy atom. The molecule has 1 unspecified atom stereocenters. The number of aliphatic hydroxyl groups excluding tert-OH is 1. The van der Waals surface area contributed by atoms with Gasteiger partial charge in [-0.05, 0) is 24.3 Å². The average Bonchev–Trinajstić information content (AvgIpc) is 2.45. The summed E-state index contributed by atoms with van der Waals surface area (Å²) in [4.78, 5) is 0. The molecule has 3 nitrogen and oxygen atoms in total. The third-order valence-corrected chi connectivity index (χ3v) is 2.91. The highest BCUT2D eigenvalue weighted by Crippen LogP contribution is 2.20. The van der Waals surface area contributed by atoms with Crippen LogP contribution in [0.2, 0.25) is 0 Å². The van der Waals surface area contributed by atoms with E-state index in [1.54, 1.807) is 6.07 Å². The highest BCUT2D eigenvalue weighted by molar-refractivity contribution is 5.49. The molecule has 0 aliphatic carbocycles. The van der Waals surface area contributed by atoms with Gasteiger partial charge in [0.15, 0.2) is 0 Å². The third-order valence-electron chi connectivity index (χ3n) is 2.91. The molecule has 0 saturated carbocycles. The molecule has 21 heavy (non-hydrogen) atoms. The van der Waals surface area contributed by atoms with E-state index in [0.717, 1.165) is 18.2 Å². The van der Waals surface area contributed by atoms with Crippen molar-refractivity contribution in [1.29, 1.82) is 5.26 Å². The van der Waals surface area contributed by atoms with E-state index in [0.29, 0.717) is 6.07 Å². The fourth-order valence-electron chi connectivity index (χ4n) is 1.82. The molecule has 0 aliphatic rings. The average molecular weight is 292 g/mol. The molecule has 0 radical (unpaired) electrons. The molecule has 0 aliphatic heterocycles. The second-order valence-electron chi connectivity index (χ2n) is 4.37. The lowest BCUT2D eigenvalue weighted by Crippen LogP contribution is -2.14. The van der Waals surface area contributed by atoms with Crippen LogP contribution in [-0.2, 0) is 0 Å². The normalized spacial score (nSPS) is 11.8. The molecule has 0 heterocycles. The maximum absolute atomic E-state index is 13.6. The number of anilines is 1. The van der Waals surface area contributed by atoms with Gasteiger partial charge in [-0.25, -0.2) is 13.2 Å². The van der Waals surface area contributed by atoms with Crippen molar-refractivity contribution in [1.82, 2.24) is 0 Å². The fraction of sp³-hybridized carbons (Fsp3) is 0.133. The molecular formula is C15H11F3N2O. The van der Waals surface area contributed by atoms with E-state index in [9.17, 15) is 18.3 Å². The van der Waals surface area contributed by atoms with Gasteiger partial charge < -0.3 is 10.4 Å². The van der Waals surface area contributed by atoms with Gasteiger partial charge in [-0.15, -0.1) is 0 Å². The summed E-state index contributed by atoms with van der Waals surface area (Å²) < 4.78 is 39.8. The van der Waals surface area contributed by atoms with Crippen LogP contribution < -0.4 is 5.32 Å². The Bertz CT molecular complexity index is 698. The van der Waals surface area contributed by atoms with Crippen LogP contribution in [-0.4, -0.2) is 11.7 Å². The van der Waals surface area contributed by atoms with E-state index < -0.39 is 23.6 Å². The molecular weight excluding hydrogens is 281 g/mol. The number of aliphatic hydroxyl groups is 1. The van der Waals surface area contributed by atoms with E-state index in [1.165, 1.54) is 12.1 Å². The number of nitriles is 1. The van der Waals surface area contributed by atoms with Crippen molar-refractivity contribution in [3.05, 3.63) is 65.0 Å². The van der Waals surface area contributed by atoms with Crippen molar-refractivity contribution < 1.29 is 18.3 Å². The quantitative estimate of drug-likeness (QED) is 0.910. The van der Waals surface area contributed by atoms with Crippen LogP contribution in [0.15, 0.2) is 36.4 Å². The van der Waals surface area contributed by atoms with E-state index in [1.807, 2.05) is 0 Å². The van der Waals surface area contributed by atoms with Crippen molar-refractivity contribution in [2.45, 2.75) is 6.10 Å². The van der Waals surface area contributed by atoms with Gasteiger partial charge in [0.2, 0.25) is 0 Å². The lowest BCUT2D eigenvalue weighted by atomic mass is 10.1. The van der Waals surface area contributed by atoms with Gasteiger partial charge in [0.05, 0.1) is 23.4 Å². The molecule has 2 aromatic rings. The molecule has 2 aromatic carbocycles. The first-order valence-corrected chi connectivity index (χ1v) is 6.08. The number of benzene rings is 2. The van der Waals surface area contributed by atoms with Gasteiger partial charge in [0, 0.05) is 18.2 Å². The van der Waals surface area contributed by atoms with Gasteiger partial charge >= 0.3 is 0 Å². The van der Waals surface area contributed by atoms with Crippen molar-refractivity contribution in [2.24, 2.45) is 0 Å². The molecule has 0 spiro atoms. The summed E-state index contributed by atoms with van der Waals surface area (Å²) in [5, 5.41) is 21.1. The number of rotatable bonds is 4. The Hall–Kier alpha value is -2.52. The SMILES string of the molecule is N#Cc1ccc(NCC(O)c2ccc(F)cc2F)c(F)c1. The molecule has 0 amide bonds. The lowest BCUT2D eigenvalue weighted by Gasteiger charge is -2.14. The highest BCUT2D eigenvalue weighted by atomic mass is 19.1. The Morgan fingerprint density at radius 2 is 1.86 bits per heavy atom. The predicted octanol–water partition coefficient (Wildman–Crippen LogP) is 3.12. The molecule has 2 N–H and O–H groups in total. The fourth-order valence-corrected chi connectivity index (χ4v) is 1.82. The van der Waals surface area contributed by atoms with Crippen LogP contribution in [0, 0.1) is 28.8 Å². The Morgan fingerprint density at radius 3 is 2.48 bits per heavy atom. The van der Waals surface area contributed by atoms with Gasteiger partial charge in [-0.2, -0.15) is 5.26 Å². The molecule has 1 atom stereocenters. The Balaban J connectivity index is 2.07. The van der Waals surface area contributed by atoms with E-state index >= 15 is 0 Å². The first-order valence-electron chi connectivity index (χ1n) is 6.08. The lowest BCUT2D eigenvalue weighted by molar-refractivity contribution is 0.186. The molecule has 0 fully saturated rings. The second kappa shape index (κ2) is 6.29. The summed E-state index contributed by atoms with van der Waals surface area (Å²) in [5.41, 5.74) is 0.164. The number of hydrogen-bond donors (Lipinski definition) is 2. The van der Waals surface area contributed by atoms with Crippen molar-refractivity contribution in [2.75, 3.05) is 11.9 Å². The minimum Gasteiger partial charge on any atom is -0.386 e. The minimum absolute atomic E-state index is 0.0792. The predicted molar refractivity (Wildman–Crippen MR) is 70.9 cm³/mol. The van der Waals surface area contributed by atoms with Crippen LogP contribution >= 0.6 is 0 Å². The Kier molecular flexibility index (Phi) is 4.45. The van der Waals surface area contributed by atoms with Crippen LogP contribution in [0.25, 0.3) is 0 Å². The molecule has 6 heteroatoms. The molecule has 2 rings (SSSR count). The standard InChI is InChI=1S/C15H11F3N2O/c16-10-2-3-11(12(17)6-10)15(21)8-20-14-4-1-9(7-19)5-13(14)18/h1-6,15,20-21H,8H2. The van der Waals surface area contributed by atoms with E-state index in [2.05, 4.69) is 5.32 Å². The summed E-state index contributed by atoms with van der Waals surface area (Å²) in [5.74, 6) is -2.26. The maximum atomic E-state index is 13.6. The smallest absolute Gasteiger partial charge is 0.147 e. The van der Waals surface area contributed by atoms with E-state index in [-0.39, 0.29) is 23.4 Å². The van der Waals surface area contributed by atoms with Crippen molar-refractivity contribution >= 4 is 5.69 Å². The minimum atomic E-state index is -1.26. The highest BCUT2D eigenvalue weighted by Gasteiger charge is 2.14. The van der Waals surface area contributed by atoms with E-state index in [4.69, 9.17) is 5.26 Å². The zero-order valence-electron chi connectivity index (χ0n) is 10.8. The molecule has 0 aromatic heterocycles. The summed E-state index contributed by atoms with van der Waals surface area (Å²) in [6.45, 7) is -0.161. The topological polar surface area (TPSA) is 56.0 Å². The monoisotopic (exact) mass is 292 g/mol. The van der Waals surface area contributed by atoms with Crippen LogP contribution in [0.3, 0.4) is 0 Å². The van der Waals surface area contributed by atoms with Crippen LogP contribution in [0.4, 0.5) is 18.9 Å². The number of nitrogens with one attached hydrogen (secondary N) is 1. The van der Waals surface area contributed by atoms with Crippen molar-refractivity contribution in [3.8, 4) is 6.07 Å². The second-order valence-corrected chi connectivity index (χ2v) is 4.37. The molecule has 108 valence electrons. The summed E-state index contributed by atoms with van der Waals surface area (Å²) in [7, 11) is 0. The van der Waals surface area contributed by atoms with Gasteiger partial charge in [0.25, 0.3) is 0 Å². The first kappa shape index (κ1) is 14.9. The Labute approximate surface area is 119 Å². The number of hydrogen-bond acceptors (Lipinski definition) is 3. The van der Waals surface area contributed by atoms with Gasteiger partial charge in [-0.1, -0.05) is 6.07 Å². The molecule has 0 saturated heterocycles. The van der Waals surface area contributed by atoms with Crippen LogP contribution in [0.1, 0.15) is 17.2 Å². The molecule has 0 bridgehead atoms. The van der Waals surface area contributed by atoms with Crippen LogP contribution in [0.5, 0.6) is 0 Å². The van der Waals surface area contributed by atoms with Gasteiger partial charge in [0.1, 0.15) is 17.5 Å². The largest absolute Gasteiger partial charge is 0.386 e. The zero-order chi connectivity index (χ0) is 15.4.